The predicted molar refractivity (Wildman–Crippen MR) is 110 cm³/mol. The molecule has 1 N–H and O–H groups in total. The van der Waals surface area contributed by atoms with Gasteiger partial charge in [0, 0.05) is 26.2 Å². The number of ether oxygens (including phenoxy) is 1. The Labute approximate surface area is 174 Å². The molecule has 1 aromatic rings. The highest BCUT2D eigenvalue weighted by atomic mass is 32.3. The Kier molecular flexibility index (Phi) is 6.22. The molecule has 0 spiro atoms. The average molecular weight is 440 g/mol. The second-order valence-electron chi connectivity index (χ2n) is 6.27. The van der Waals surface area contributed by atoms with E-state index in [9.17, 15) is 13.2 Å². The number of carbonyl (C=O) groups is 1. The quantitative estimate of drug-likeness (QED) is 0.295. The van der Waals surface area contributed by atoms with Crippen LogP contribution in [0.25, 0.3) is 0 Å². The van der Waals surface area contributed by atoms with Crippen LogP contribution >= 0.6 is 12.2 Å². The molecular formula is C18H21N3O6S2. The lowest BCUT2D eigenvalue weighted by atomic mass is 10.2. The molecule has 0 aromatic heterocycles. The second kappa shape index (κ2) is 8.49. The van der Waals surface area contributed by atoms with E-state index in [2.05, 4.69) is 4.18 Å². The van der Waals surface area contributed by atoms with E-state index in [0.29, 0.717) is 42.0 Å². The van der Waals surface area contributed by atoms with Gasteiger partial charge in [-0.3, -0.25) is 14.2 Å². The van der Waals surface area contributed by atoms with Crippen molar-refractivity contribution in [3.8, 4) is 5.75 Å². The van der Waals surface area contributed by atoms with Crippen molar-refractivity contribution in [2.24, 2.45) is 0 Å². The van der Waals surface area contributed by atoms with Gasteiger partial charge < -0.3 is 14.5 Å². The minimum atomic E-state index is -4.47. The summed E-state index contributed by atoms with van der Waals surface area (Å²) in [5.74, 6) is 0.928. The van der Waals surface area contributed by atoms with Crippen molar-refractivity contribution in [1.82, 2.24) is 9.80 Å². The molecule has 29 heavy (non-hydrogen) atoms. The maximum Gasteiger partial charge on any atom is 0.397 e. The molecule has 11 heteroatoms. The zero-order valence-corrected chi connectivity index (χ0v) is 17.6. The van der Waals surface area contributed by atoms with E-state index in [4.69, 9.17) is 21.5 Å². The number of nitrogens with zero attached hydrogens (tertiary/aromatic N) is 3. The number of allylic oxidation sites excluding steroid dienone is 2. The van der Waals surface area contributed by atoms with Crippen LogP contribution in [0.2, 0.25) is 0 Å². The lowest BCUT2D eigenvalue weighted by Gasteiger charge is -2.18. The zero-order valence-electron chi connectivity index (χ0n) is 15.9. The lowest BCUT2D eigenvalue weighted by Crippen LogP contribution is -2.29. The number of fused-ring (bicyclic) bond motifs is 1. The molecule has 1 saturated heterocycles. The standard InChI is InChI=1S/C18H21N3O6S2/c1-3-20-14(17(22)19(2)18(20)28)9-10-16-21(11-6-12-26-29(23,24)25)13-7-4-5-8-15(13)27-16/h4-5,7-10H,3,6,11-12H2,1-2H3,(H,23,24,25)/b14-9+,16-10+. The molecule has 0 atom stereocenters. The molecule has 3 rings (SSSR count). The van der Waals surface area contributed by atoms with Gasteiger partial charge in [0.2, 0.25) is 5.88 Å². The number of carbonyl (C=O) groups excluding carboxylic acids is 1. The first kappa shape index (κ1) is 21.2. The monoisotopic (exact) mass is 439 g/mol. The molecule has 2 aliphatic rings. The van der Waals surface area contributed by atoms with Crippen LogP contribution in [0.5, 0.6) is 5.75 Å². The highest BCUT2D eigenvalue weighted by molar-refractivity contribution is 7.81. The van der Waals surface area contributed by atoms with E-state index in [-0.39, 0.29) is 12.5 Å². The number of thiocarbonyl (C=S) groups is 1. The number of benzene rings is 1. The molecule has 0 radical (unpaired) electrons. The van der Waals surface area contributed by atoms with Gasteiger partial charge >= 0.3 is 10.4 Å². The van der Waals surface area contributed by atoms with Gasteiger partial charge in [0.1, 0.15) is 5.70 Å². The molecule has 0 unspecified atom stereocenters. The molecule has 0 bridgehead atoms. The van der Waals surface area contributed by atoms with Gasteiger partial charge in [0.25, 0.3) is 5.91 Å². The highest BCUT2D eigenvalue weighted by Crippen LogP contribution is 2.38. The van der Waals surface area contributed by atoms with Crippen LogP contribution in [0.1, 0.15) is 13.3 Å². The van der Waals surface area contributed by atoms with Crippen molar-refractivity contribution in [3.63, 3.8) is 0 Å². The summed E-state index contributed by atoms with van der Waals surface area (Å²) in [4.78, 5) is 17.4. The first-order chi connectivity index (χ1) is 13.7. The van der Waals surface area contributed by atoms with Gasteiger partial charge in [0.15, 0.2) is 10.9 Å². The van der Waals surface area contributed by atoms with Crippen LogP contribution in [-0.4, -0.2) is 60.5 Å². The number of hydrogen-bond acceptors (Lipinski definition) is 7. The summed E-state index contributed by atoms with van der Waals surface area (Å²) in [6.07, 6.45) is 3.66. The van der Waals surface area contributed by atoms with Crippen LogP contribution in [0, 0.1) is 0 Å². The Hall–Kier alpha value is -2.47. The average Bonchev–Trinajstić information content (AvgIpc) is 3.12. The molecule has 2 heterocycles. The third kappa shape index (κ3) is 4.58. The fourth-order valence-electron chi connectivity index (χ4n) is 3.07. The molecule has 2 aliphatic heterocycles. The van der Waals surface area contributed by atoms with E-state index >= 15 is 0 Å². The topological polar surface area (TPSA) is 99.6 Å². The number of amides is 1. The maximum atomic E-state index is 12.4. The largest absolute Gasteiger partial charge is 0.439 e. The van der Waals surface area contributed by atoms with Crippen LogP contribution < -0.4 is 9.64 Å². The second-order valence-corrected chi connectivity index (χ2v) is 7.73. The summed E-state index contributed by atoms with van der Waals surface area (Å²) in [5.41, 5.74) is 1.25. The van der Waals surface area contributed by atoms with E-state index in [1.165, 1.54) is 4.90 Å². The first-order valence-corrected chi connectivity index (χ1v) is 10.7. The van der Waals surface area contributed by atoms with E-state index in [1.807, 2.05) is 36.1 Å². The number of hydrogen-bond donors (Lipinski definition) is 1. The Bertz CT molecular complexity index is 989. The van der Waals surface area contributed by atoms with E-state index < -0.39 is 10.4 Å². The maximum absolute atomic E-state index is 12.4. The molecule has 1 amide bonds. The molecule has 156 valence electrons. The normalized spacial score (nSPS) is 19.5. The molecule has 1 fully saturated rings. The van der Waals surface area contributed by atoms with Crippen molar-refractivity contribution in [2.75, 3.05) is 31.6 Å². The molecular weight excluding hydrogens is 418 g/mol. The van der Waals surface area contributed by atoms with Crippen molar-refractivity contribution >= 4 is 39.3 Å². The summed E-state index contributed by atoms with van der Waals surface area (Å²) in [6, 6.07) is 7.38. The van der Waals surface area contributed by atoms with Crippen LogP contribution in [-0.2, 0) is 19.4 Å². The van der Waals surface area contributed by atoms with Crippen molar-refractivity contribution in [2.45, 2.75) is 13.3 Å². The molecule has 0 saturated carbocycles. The zero-order chi connectivity index (χ0) is 21.2. The van der Waals surface area contributed by atoms with E-state index in [0.717, 1.165) is 5.69 Å². The number of para-hydroxylation sites is 2. The van der Waals surface area contributed by atoms with Crippen LogP contribution in [0.15, 0.2) is 48.0 Å². The Morgan fingerprint density at radius 3 is 2.66 bits per heavy atom. The Morgan fingerprint density at radius 1 is 1.24 bits per heavy atom. The van der Waals surface area contributed by atoms with Crippen molar-refractivity contribution in [3.05, 3.63) is 48.0 Å². The number of rotatable bonds is 7. The van der Waals surface area contributed by atoms with Gasteiger partial charge in [0.05, 0.1) is 12.3 Å². The fourth-order valence-corrected chi connectivity index (χ4v) is 3.71. The summed E-state index contributed by atoms with van der Waals surface area (Å²) in [7, 11) is -2.84. The molecule has 9 nitrogen and oxygen atoms in total. The van der Waals surface area contributed by atoms with Gasteiger partial charge in [-0.2, -0.15) is 8.42 Å². The third-order valence-corrected chi connectivity index (χ3v) is 5.39. The number of anilines is 1. The third-order valence-electron chi connectivity index (χ3n) is 4.43. The summed E-state index contributed by atoms with van der Waals surface area (Å²) in [6.45, 7) is 2.67. The Morgan fingerprint density at radius 2 is 1.97 bits per heavy atom. The Balaban J connectivity index is 1.83. The lowest BCUT2D eigenvalue weighted by molar-refractivity contribution is -0.121. The van der Waals surface area contributed by atoms with Gasteiger partial charge in [-0.15, -0.1) is 0 Å². The highest BCUT2D eigenvalue weighted by Gasteiger charge is 2.34. The predicted octanol–water partition coefficient (Wildman–Crippen LogP) is 1.90. The van der Waals surface area contributed by atoms with Crippen LogP contribution in [0.3, 0.4) is 0 Å². The summed E-state index contributed by atoms with van der Waals surface area (Å²) >= 11 is 5.29. The summed E-state index contributed by atoms with van der Waals surface area (Å²) < 4.78 is 40.4. The van der Waals surface area contributed by atoms with Crippen LogP contribution in [0.4, 0.5) is 5.69 Å². The van der Waals surface area contributed by atoms with E-state index in [1.54, 1.807) is 24.1 Å². The fraction of sp³-hybridized carbons (Fsp3) is 0.333. The molecule has 0 aliphatic carbocycles. The van der Waals surface area contributed by atoms with Crippen molar-refractivity contribution < 1.29 is 26.7 Å². The minimum Gasteiger partial charge on any atom is -0.439 e. The SMILES string of the molecule is CCN1C(=S)N(C)C(=O)/C1=C\C=C1\Oc2ccccc2N1CCCOS(=O)(=O)O. The first-order valence-electron chi connectivity index (χ1n) is 8.90. The number of likely N-dealkylation sites (N-methyl/N-ethyl adjacent to an activating group) is 2. The van der Waals surface area contributed by atoms with Gasteiger partial charge in [-0.25, -0.2) is 4.18 Å². The summed E-state index contributed by atoms with van der Waals surface area (Å²) in [5, 5.41) is 0.442. The van der Waals surface area contributed by atoms with Crippen molar-refractivity contribution in [1.29, 1.82) is 0 Å². The van der Waals surface area contributed by atoms with Gasteiger partial charge in [-0.05, 0) is 43.8 Å². The minimum absolute atomic E-state index is 0.174. The smallest absolute Gasteiger partial charge is 0.397 e. The molecule has 1 aromatic carbocycles. The van der Waals surface area contributed by atoms with Gasteiger partial charge in [-0.1, -0.05) is 12.1 Å².